The summed E-state index contributed by atoms with van der Waals surface area (Å²) in [7, 11) is 3.47. The molecule has 21 heavy (non-hydrogen) atoms. The Morgan fingerprint density at radius 1 is 1.43 bits per heavy atom. The second-order valence-corrected chi connectivity index (χ2v) is 6.43. The molecule has 2 amide bonds. The van der Waals surface area contributed by atoms with Gasteiger partial charge in [0.15, 0.2) is 0 Å². The highest BCUT2D eigenvalue weighted by Crippen LogP contribution is 2.44. The van der Waals surface area contributed by atoms with Crippen LogP contribution in [0.3, 0.4) is 0 Å². The Bertz CT molecular complexity index is 391. The van der Waals surface area contributed by atoms with Gasteiger partial charge >= 0.3 is 0 Å². The Morgan fingerprint density at radius 3 is 2.81 bits per heavy atom. The summed E-state index contributed by atoms with van der Waals surface area (Å²) in [5, 5.41) is 6.05. The van der Waals surface area contributed by atoms with Gasteiger partial charge in [0.1, 0.15) is 0 Å². The fraction of sp³-hybridized carbons (Fsp3) is 0.867. The Kier molecular flexibility index (Phi) is 6.47. The minimum absolute atomic E-state index is 0. The summed E-state index contributed by atoms with van der Waals surface area (Å²) < 4.78 is 0. The third kappa shape index (κ3) is 3.51. The van der Waals surface area contributed by atoms with Gasteiger partial charge in [-0.3, -0.25) is 9.59 Å². The molecule has 5 nitrogen and oxygen atoms in total. The van der Waals surface area contributed by atoms with Gasteiger partial charge in [0.05, 0.1) is 11.3 Å². The molecule has 0 aromatic rings. The van der Waals surface area contributed by atoms with Gasteiger partial charge in [-0.2, -0.15) is 0 Å². The van der Waals surface area contributed by atoms with Crippen molar-refractivity contribution in [2.24, 2.45) is 17.3 Å². The molecule has 0 spiro atoms. The van der Waals surface area contributed by atoms with Crippen LogP contribution in [0.5, 0.6) is 0 Å². The van der Waals surface area contributed by atoms with Crippen LogP contribution in [-0.4, -0.2) is 50.4 Å². The third-order valence-corrected chi connectivity index (χ3v) is 5.05. The van der Waals surface area contributed by atoms with Crippen LogP contribution in [0, 0.1) is 17.3 Å². The first-order chi connectivity index (χ1) is 9.51. The van der Waals surface area contributed by atoms with Gasteiger partial charge in [0.2, 0.25) is 11.8 Å². The van der Waals surface area contributed by atoms with E-state index in [0.717, 1.165) is 32.4 Å². The van der Waals surface area contributed by atoms with E-state index in [2.05, 4.69) is 10.6 Å². The van der Waals surface area contributed by atoms with Crippen molar-refractivity contribution in [2.75, 3.05) is 33.7 Å². The zero-order valence-corrected chi connectivity index (χ0v) is 14.1. The molecule has 0 aromatic carbocycles. The molecule has 2 rings (SSSR count). The van der Waals surface area contributed by atoms with E-state index in [9.17, 15) is 9.59 Å². The third-order valence-electron chi connectivity index (χ3n) is 5.05. The zero-order valence-electron chi connectivity index (χ0n) is 13.3. The lowest BCUT2D eigenvalue weighted by molar-refractivity contribution is -0.145. The number of hydrogen-bond acceptors (Lipinski definition) is 3. The predicted molar refractivity (Wildman–Crippen MR) is 85.4 cm³/mol. The van der Waals surface area contributed by atoms with E-state index in [1.54, 1.807) is 11.9 Å². The summed E-state index contributed by atoms with van der Waals surface area (Å²) >= 11 is 0. The van der Waals surface area contributed by atoms with Crippen molar-refractivity contribution >= 4 is 24.2 Å². The summed E-state index contributed by atoms with van der Waals surface area (Å²) in [5.41, 5.74) is -0.213. The summed E-state index contributed by atoms with van der Waals surface area (Å²) in [6.45, 7) is 4.12. The lowest BCUT2D eigenvalue weighted by Gasteiger charge is -2.40. The van der Waals surface area contributed by atoms with Crippen molar-refractivity contribution in [3.8, 4) is 0 Å². The van der Waals surface area contributed by atoms with Gasteiger partial charge in [0.25, 0.3) is 0 Å². The average molecular weight is 318 g/mol. The first-order valence-electron chi connectivity index (χ1n) is 7.69. The fourth-order valence-corrected chi connectivity index (χ4v) is 3.87. The van der Waals surface area contributed by atoms with Gasteiger partial charge in [0, 0.05) is 27.2 Å². The monoisotopic (exact) mass is 317 g/mol. The molecular weight excluding hydrogens is 290 g/mol. The van der Waals surface area contributed by atoms with Crippen LogP contribution >= 0.6 is 12.4 Å². The maximum Gasteiger partial charge on any atom is 0.230 e. The summed E-state index contributed by atoms with van der Waals surface area (Å²) in [5.74, 6) is 0.526. The van der Waals surface area contributed by atoms with Crippen molar-refractivity contribution in [1.82, 2.24) is 15.5 Å². The molecule has 0 aromatic heterocycles. The molecule has 1 aliphatic carbocycles. The van der Waals surface area contributed by atoms with Crippen molar-refractivity contribution in [3.63, 3.8) is 0 Å². The lowest BCUT2D eigenvalue weighted by Crippen LogP contribution is -2.50. The molecule has 0 radical (unpaired) electrons. The van der Waals surface area contributed by atoms with E-state index >= 15 is 0 Å². The van der Waals surface area contributed by atoms with E-state index in [1.807, 2.05) is 14.0 Å². The van der Waals surface area contributed by atoms with Crippen LogP contribution < -0.4 is 10.6 Å². The Balaban J connectivity index is 0.00000220. The molecule has 2 N–H and O–H groups in total. The minimum atomic E-state index is -0.213. The molecule has 1 saturated heterocycles. The van der Waals surface area contributed by atoms with Crippen LogP contribution in [0.1, 0.15) is 32.6 Å². The number of carbonyl (C=O) groups is 2. The smallest absolute Gasteiger partial charge is 0.230 e. The molecule has 1 heterocycles. The zero-order chi connectivity index (χ0) is 14.8. The Labute approximate surface area is 133 Å². The molecule has 122 valence electrons. The minimum Gasteiger partial charge on any atom is -0.359 e. The highest BCUT2D eigenvalue weighted by Gasteiger charge is 2.50. The maximum atomic E-state index is 12.9. The van der Waals surface area contributed by atoms with Gasteiger partial charge in [-0.05, 0) is 25.3 Å². The normalized spacial score (nSPS) is 29.0. The van der Waals surface area contributed by atoms with Crippen molar-refractivity contribution < 1.29 is 9.59 Å². The maximum absolute atomic E-state index is 12.9. The number of amides is 2. The topological polar surface area (TPSA) is 61.4 Å². The Morgan fingerprint density at radius 2 is 2.14 bits per heavy atom. The second kappa shape index (κ2) is 7.45. The molecule has 2 fully saturated rings. The quantitative estimate of drug-likeness (QED) is 0.814. The van der Waals surface area contributed by atoms with E-state index in [0.29, 0.717) is 12.5 Å². The van der Waals surface area contributed by atoms with Crippen LogP contribution in [0.25, 0.3) is 0 Å². The van der Waals surface area contributed by atoms with Gasteiger partial charge in [-0.1, -0.05) is 19.8 Å². The Hall–Kier alpha value is -0.810. The van der Waals surface area contributed by atoms with Gasteiger partial charge in [-0.15, -0.1) is 12.4 Å². The molecular formula is C15H28ClN3O2. The van der Waals surface area contributed by atoms with Crippen LogP contribution in [0.15, 0.2) is 0 Å². The average Bonchev–Trinajstić information content (AvgIpc) is 2.90. The highest BCUT2D eigenvalue weighted by molar-refractivity contribution is 5.85. The van der Waals surface area contributed by atoms with E-state index < -0.39 is 0 Å². The predicted octanol–water partition coefficient (Wildman–Crippen LogP) is 1.03. The van der Waals surface area contributed by atoms with Crippen molar-refractivity contribution in [1.29, 1.82) is 0 Å². The molecule has 1 aliphatic heterocycles. The second-order valence-electron chi connectivity index (χ2n) is 6.43. The highest BCUT2D eigenvalue weighted by atomic mass is 35.5. The number of hydrogen-bond donors (Lipinski definition) is 2. The van der Waals surface area contributed by atoms with E-state index in [4.69, 9.17) is 0 Å². The van der Waals surface area contributed by atoms with Crippen molar-refractivity contribution in [2.45, 2.75) is 32.6 Å². The van der Waals surface area contributed by atoms with Crippen LogP contribution in [0.2, 0.25) is 0 Å². The van der Waals surface area contributed by atoms with Gasteiger partial charge in [-0.25, -0.2) is 0 Å². The van der Waals surface area contributed by atoms with Crippen LogP contribution in [0.4, 0.5) is 0 Å². The van der Waals surface area contributed by atoms with Crippen LogP contribution in [-0.2, 0) is 9.59 Å². The van der Waals surface area contributed by atoms with E-state index in [1.165, 1.54) is 6.42 Å². The SMILES string of the molecule is CNC(=O)C(C)CN(C)C(=O)[C@@]12CCCC[C@H]1CNC2.Cl. The number of nitrogens with zero attached hydrogens (tertiary/aromatic N) is 1. The summed E-state index contributed by atoms with van der Waals surface area (Å²) in [6.07, 6.45) is 4.52. The molecule has 1 saturated carbocycles. The number of rotatable bonds is 4. The first-order valence-corrected chi connectivity index (χ1v) is 7.69. The number of fused-ring (bicyclic) bond motifs is 1. The molecule has 0 bridgehead atoms. The van der Waals surface area contributed by atoms with Gasteiger partial charge < -0.3 is 15.5 Å². The number of halogens is 1. The first kappa shape index (κ1) is 18.2. The standard InChI is InChI=1S/C15H27N3O2.ClH/c1-11(13(19)16-2)9-18(3)14(20)15-7-5-4-6-12(15)8-17-10-15;/h11-12,17H,4-10H2,1-3H3,(H,16,19);1H/t11?,12-,15+;/m0./s1. The molecule has 1 unspecified atom stereocenters. The molecule has 3 atom stereocenters. The van der Waals surface area contributed by atoms with E-state index in [-0.39, 0.29) is 35.6 Å². The number of carbonyl (C=O) groups excluding carboxylic acids is 2. The largest absolute Gasteiger partial charge is 0.359 e. The molecule has 2 aliphatic rings. The summed E-state index contributed by atoms with van der Waals surface area (Å²) in [4.78, 5) is 26.3. The fourth-order valence-electron chi connectivity index (χ4n) is 3.87. The molecule has 6 heteroatoms. The van der Waals surface area contributed by atoms with Crippen molar-refractivity contribution in [3.05, 3.63) is 0 Å². The lowest BCUT2D eigenvalue weighted by atomic mass is 9.67. The summed E-state index contributed by atoms with van der Waals surface area (Å²) in [6, 6.07) is 0. The number of nitrogens with one attached hydrogen (secondary N) is 2.